The van der Waals surface area contributed by atoms with E-state index < -0.39 is 0 Å². The Bertz CT molecular complexity index is 348. The van der Waals surface area contributed by atoms with Gasteiger partial charge < -0.3 is 4.90 Å². The van der Waals surface area contributed by atoms with Gasteiger partial charge in [0.05, 0.1) is 0 Å². The minimum absolute atomic E-state index is 0.237. The number of aryl methyl sites for hydroxylation is 1. The van der Waals surface area contributed by atoms with Crippen molar-refractivity contribution in [2.24, 2.45) is 0 Å². The molecule has 0 spiro atoms. The summed E-state index contributed by atoms with van der Waals surface area (Å²) in [6.07, 6.45) is 1.39. The van der Waals surface area contributed by atoms with E-state index in [1.165, 1.54) is 5.56 Å². The van der Waals surface area contributed by atoms with Crippen LogP contribution in [0.2, 0.25) is 0 Å². The van der Waals surface area contributed by atoms with Gasteiger partial charge in [-0.15, -0.1) is 0 Å². The van der Waals surface area contributed by atoms with Crippen molar-refractivity contribution in [2.45, 2.75) is 26.7 Å². The highest BCUT2D eigenvalue weighted by Crippen LogP contribution is 2.17. The Morgan fingerprint density at radius 2 is 1.88 bits per heavy atom. The number of carbonyl (C=O) groups is 1. The summed E-state index contributed by atoms with van der Waals surface area (Å²) in [5.41, 5.74) is 1.20. The second-order valence-electron chi connectivity index (χ2n) is 3.66. The van der Waals surface area contributed by atoms with Crippen molar-refractivity contribution in [3.8, 4) is 0 Å². The van der Waals surface area contributed by atoms with Crippen LogP contribution >= 0.6 is 15.9 Å². The standard InChI is InChI=1S/C13H18BrNO/c1-3-15(4-2)13(16)10-9-11-7-5-6-8-12(11)14/h5-8H,3-4,9-10H2,1-2H3. The first-order chi connectivity index (χ1) is 7.69. The van der Waals surface area contributed by atoms with Gasteiger partial charge in [-0.2, -0.15) is 0 Å². The highest BCUT2D eigenvalue weighted by Gasteiger charge is 2.09. The molecule has 1 amide bonds. The summed E-state index contributed by atoms with van der Waals surface area (Å²) in [5.74, 6) is 0.237. The summed E-state index contributed by atoms with van der Waals surface area (Å²) in [6.45, 7) is 5.62. The average molecular weight is 284 g/mol. The predicted octanol–water partition coefficient (Wildman–Crippen LogP) is 3.25. The Kier molecular flexibility index (Phi) is 5.53. The number of hydrogen-bond donors (Lipinski definition) is 0. The van der Waals surface area contributed by atoms with Gasteiger partial charge in [0.25, 0.3) is 0 Å². The molecule has 16 heavy (non-hydrogen) atoms. The summed E-state index contributed by atoms with van der Waals surface area (Å²) < 4.78 is 1.09. The number of amides is 1. The lowest BCUT2D eigenvalue weighted by atomic mass is 10.1. The highest BCUT2D eigenvalue weighted by molar-refractivity contribution is 9.10. The van der Waals surface area contributed by atoms with Gasteiger partial charge in [0, 0.05) is 24.0 Å². The molecule has 1 aromatic carbocycles. The first kappa shape index (κ1) is 13.2. The van der Waals surface area contributed by atoms with Crippen LogP contribution in [-0.4, -0.2) is 23.9 Å². The lowest BCUT2D eigenvalue weighted by Crippen LogP contribution is -2.30. The van der Waals surface area contributed by atoms with Crippen LogP contribution in [0.3, 0.4) is 0 Å². The number of benzene rings is 1. The molecular formula is C13H18BrNO. The van der Waals surface area contributed by atoms with Gasteiger partial charge in [-0.3, -0.25) is 4.79 Å². The van der Waals surface area contributed by atoms with Gasteiger partial charge >= 0.3 is 0 Å². The van der Waals surface area contributed by atoms with E-state index in [9.17, 15) is 4.79 Å². The fourth-order valence-corrected chi connectivity index (χ4v) is 2.16. The molecule has 0 saturated carbocycles. The minimum atomic E-state index is 0.237. The lowest BCUT2D eigenvalue weighted by molar-refractivity contribution is -0.130. The van der Waals surface area contributed by atoms with Crippen LogP contribution in [0.15, 0.2) is 28.7 Å². The van der Waals surface area contributed by atoms with Crippen molar-refractivity contribution in [3.63, 3.8) is 0 Å². The van der Waals surface area contributed by atoms with E-state index >= 15 is 0 Å². The highest BCUT2D eigenvalue weighted by atomic mass is 79.9. The van der Waals surface area contributed by atoms with Crippen molar-refractivity contribution < 1.29 is 4.79 Å². The molecule has 3 heteroatoms. The average Bonchev–Trinajstić information content (AvgIpc) is 2.29. The van der Waals surface area contributed by atoms with E-state index in [0.717, 1.165) is 24.0 Å². The Morgan fingerprint density at radius 3 is 2.44 bits per heavy atom. The van der Waals surface area contributed by atoms with Crippen LogP contribution < -0.4 is 0 Å². The Balaban J connectivity index is 2.52. The molecule has 0 aliphatic rings. The van der Waals surface area contributed by atoms with Crippen LogP contribution in [0, 0.1) is 0 Å². The maximum atomic E-state index is 11.8. The van der Waals surface area contributed by atoms with Crippen molar-refractivity contribution in [3.05, 3.63) is 34.3 Å². The molecule has 88 valence electrons. The quantitative estimate of drug-likeness (QED) is 0.812. The number of halogens is 1. The van der Waals surface area contributed by atoms with Gasteiger partial charge in [0.15, 0.2) is 0 Å². The van der Waals surface area contributed by atoms with Crippen molar-refractivity contribution in [1.82, 2.24) is 4.90 Å². The molecule has 0 atom stereocenters. The first-order valence-electron chi connectivity index (χ1n) is 5.70. The number of nitrogens with zero attached hydrogens (tertiary/aromatic N) is 1. The minimum Gasteiger partial charge on any atom is -0.343 e. The Hall–Kier alpha value is -0.830. The maximum absolute atomic E-state index is 11.8. The molecule has 0 saturated heterocycles. The summed E-state index contributed by atoms with van der Waals surface area (Å²) >= 11 is 3.49. The van der Waals surface area contributed by atoms with Crippen LogP contribution in [-0.2, 0) is 11.2 Å². The monoisotopic (exact) mass is 283 g/mol. The largest absolute Gasteiger partial charge is 0.343 e. The summed E-state index contributed by atoms with van der Waals surface area (Å²) in [5, 5.41) is 0. The van der Waals surface area contributed by atoms with E-state index in [0.29, 0.717) is 6.42 Å². The van der Waals surface area contributed by atoms with Crippen LogP contribution in [0.25, 0.3) is 0 Å². The molecule has 0 radical (unpaired) electrons. The third-order valence-corrected chi connectivity index (χ3v) is 3.46. The second-order valence-corrected chi connectivity index (χ2v) is 4.51. The van der Waals surface area contributed by atoms with Crippen LogP contribution in [0.1, 0.15) is 25.8 Å². The molecule has 0 aromatic heterocycles. The van der Waals surface area contributed by atoms with E-state index in [2.05, 4.69) is 22.0 Å². The van der Waals surface area contributed by atoms with E-state index in [-0.39, 0.29) is 5.91 Å². The predicted molar refractivity (Wildman–Crippen MR) is 70.4 cm³/mol. The summed E-state index contributed by atoms with van der Waals surface area (Å²) in [7, 11) is 0. The van der Waals surface area contributed by atoms with Crippen molar-refractivity contribution in [2.75, 3.05) is 13.1 Å². The van der Waals surface area contributed by atoms with Crippen molar-refractivity contribution in [1.29, 1.82) is 0 Å². The SMILES string of the molecule is CCN(CC)C(=O)CCc1ccccc1Br. The zero-order valence-electron chi connectivity index (χ0n) is 9.87. The van der Waals surface area contributed by atoms with Crippen molar-refractivity contribution >= 4 is 21.8 Å². The van der Waals surface area contributed by atoms with E-state index in [4.69, 9.17) is 0 Å². The topological polar surface area (TPSA) is 20.3 Å². The molecule has 1 aromatic rings. The summed E-state index contributed by atoms with van der Waals surface area (Å²) in [6, 6.07) is 8.05. The number of hydrogen-bond acceptors (Lipinski definition) is 1. The van der Waals surface area contributed by atoms with Gasteiger partial charge in [0.2, 0.25) is 5.91 Å². The molecule has 0 bridgehead atoms. The Labute approximate surface area is 106 Å². The van der Waals surface area contributed by atoms with Crippen LogP contribution in [0.5, 0.6) is 0 Å². The molecule has 0 N–H and O–H groups in total. The first-order valence-corrected chi connectivity index (χ1v) is 6.49. The van der Waals surface area contributed by atoms with E-state index in [1.54, 1.807) is 0 Å². The molecule has 0 aliphatic carbocycles. The fourth-order valence-electron chi connectivity index (χ4n) is 1.68. The fraction of sp³-hybridized carbons (Fsp3) is 0.462. The van der Waals surface area contributed by atoms with Gasteiger partial charge in [0.1, 0.15) is 0 Å². The smallest absolute Gasteiger partial charge is 0.222 e. The zero-order valence-corrected chi connectivity index (χ0v) is 11.5. The zero-order chi connectivity index (χ0) is 12.0. The molecule has 2 nitrogen and oxygen atoms in total. The van der Waals surface area contributed by atoms with Gasteiger partial charge in [-0.05, 0) is 31.9 Å². The number of rotatable bonds is 5. The molecule has 0 unspecified atom stereocenters. The molecule has 0 fully saturated rings. The van der Waals surface area contributed by atoms with E-state index in [1.807, 2.05) is 36.9 Å². The lowest BCUT2D eigenvalue weighted by Gasteiger charge is -2.18. The molecule has 1 rings (SSSR count). The summed E-state index contributed by atoms with van der Waals surface area (Å²) in [4.78, 5) is 13.7. The van der Waals surface area contributed by atoms with Crippen LogP contribution in [0.4, 0.5) is 0 Å². The second kappa shape index (κ2) is 6.69. The molecule has 0 aliphatic heterocycles. The number of carbonyl (C=O) groups excluding carboxylic acids is 1. The molecular weight excluding hydrogens is 266 g/mol. The molecule has 0 heterocycles. The third-order valence-electron chi connectivity index (χ3n) is 2.68. The normalized spacial score (nSPS) is 10.2. The Morgan fingerprint density at radius 1 is 1.25 bits per heavy atom. The van der Waals surface area contributed by atoms with Gasteiger partial charge in [-0.25, -0.2) is 0 Å². The maximum Gasteiger partial charge on any atom is 0.222 e. The van der Waals surface area contributed by atoms with Gasteiger partial charge in [-0.1, -0.05) is 34.1 Å². The third kappa shape index (κ3) is 3.63.